The van der Waals surface area contributed by atoms with Crippen molar-refractivity contribution in [2.75, 3.05) is 6.61 Å². The third kappa shape index (κ3) is 27.9. The summed E-state index contributed by atoms with van der Waals surface area (Å²) >= 11 is 0. The molecule has 10 unspecified atom stereocenters. The van der Waals surface area contributed by atoms with Gasteiger partial charge in [-0.1, -0.05) is 213 Å². The number of hydrogen-bond donors (Lipinski definition) is 11. The average molecular weight is 942 g/mol. The lowest BCUT2D eigenvalue weighted by atomic mass is 9.85. The first-order chi connectivity index (χ1) is 30.7. The number of carbonyl (C=O) groups excluding carboxylic acids is 1. The van der Waals surface area contributed by atoms with Crippen LogP contribution >= 0.6 is 7.82 Å². The van der Waals surface area contributed by atoms with Gasteiger partial charge in [-0.3, -0.25) is 13.8 Å². The van der Waals surface area contributed by atoms with Gasteiger partial charge >= 0.3 is 7.82 Å². The minimum Gasteiger partial charge on any atom is -0.390 e. The van der Waals surface area contributed by atoms with Crippen LogP contribution in [-0.4, -0.2) is 130 Å². The third-order valence-corrected chi connectivity index (χ3v) is 14.0. The van der Waals surface area contributed by atoms with Gasteiger partial charge in [0.25, 0.3) is 5.91 Å². The molecule has 1 rings (SSSR count). The van der Waals surface area contributed by atoms with E-state index in [1.165, 1.54) is 135 Å². The number of hydrogen-bond acceptors (Lipinski definition) is 13. The van der Waals surface area contributed by atoms with Crippen molar-refractivity contribution < 1.29 is 69.3 Å². The Labute approximate surface area is 386 Å². The maximum Gasteiger partial charge on any atom is 0.472 e. The second-order valence-electron chi connectivity index (χ2n) is 18.8. The summed E-state index contributed by atoms with van der Waals surface area (Å²) in [4.78, 5) is 23.6. The van der Waals surface area contributed by atoms with E-state index in [0.29, 0.717) is 12.8 Å². The highest BCUT2D eigenvalue weighted by molar-refractivity contribution is 7.47. The van der Waals surface area contributed by atoms with Crippen LogP contribution in [0.3, 0.4) is 0 Å². The molecule has 64 heavy (non-hydrogen) atoms. The lowest BCUT2D eigenvalue weighted by Gasteiger charge is -2.41. The Bertz CT molecular complexity index is 1140. The summed E-state index contributed by atoms with van der Waals surface area (Å²) in [6, 6.07) is -1.60. The van der Waals surface area contributed by atoms with E-state index in [1.54, 1.807) is 0 Å². The van der Waals surface area contributed by atoms with Crippen molar-refractivity contribution in [1.29, 1.82) is 0 Å². The van der Waals surface area contributed by atoms with Gasteiger partial charge in [-0.05, 0) is 12.8 Å². The normalized spacial score (nSPS) is 23.6. The quantitative estimate of drug-likeness (QED) is 0.0214. The summed E-state index contributed by atoms with van der Waals surface area (Å²) < 4.78 is 22.8. The number of aliphatic hydroxyl groups is 9. The minimum atomic E-state index is -5.29. The highest BCUT2D eigenvalue weighted by Crippen LogP contribution is 2.47. The second kappa shape index (κ2) is 38.1. The smallest absolute Gasteiger partial charge is 0.390 e. The predicted octanol–water partition coefficient (Wildman–Crippen LogP) is 7.15. The first kappa shape index (κ1) is 61.2. The Morgan fingerprint density at radius 1 is 0.484 bits per heavy atom. The van der Waals surface area contributed by atoms with Crippen LogP contribution in [0, 0.1) is 0 Å². The summed E-state index contributed by atoms with van der Waals surface area (Å²) in [6.07, 6.45) is 17.6. The fourth-order valence-corrected chi connectivity index (χ4v) is 9.54. The SMILES string of the molecule is CCCCCCCCCCCCCCCCCCCCCC(O)C(O)C(=O)NC(COP(=O)(O)OC1C(O)C(O)C(O)C(O)C1O)C(O)C(O)CCCCCCCCCCCCCC. The van der Waals surface area contributed by atoms with Gasteiger partial charge in [0, 0.05) is 0 Å². The molecule has 1 aliphatic carbocycles. The van der Waals surface area contributed by atoms with Crippen LogP contribution in [0.15, 0.2) is 0 Å². The van der Waals surface area contributed by atoms with Crippen molar-refractivity contribution in [2.24, 2.45) is 0 Å². The van der Waals surface area contributed by atoms with Gasteiger partial charge in [-0.25, -0.2) is 4.57 Å². The molecular formula is C48H96NO14P. The zero-order chi connectivity index (χ0) is 47.6. The summed E-state index contributed by atoms with van der Waals surface area (Å²) in [6.45, 7) is 3.49. The van der Waals surface area contributed by atoms with Gasteiger partial charge in [0.05, 0.1) is 24.9 Å². The van der Waals surface area contributed by atoms with E-state index in [0.717, 1.165) is 51.4 Å². The lowest BCUT2D eigenvalue weighted by Crippen LogP contribution is -2.64. The monoisotopic (exact) mass is 942 g/mol. The Balaban J connectivity index is 2.55. The van der Waals surface area contributed by atoms with Crippen LogP contribution in [0.5, 0.6) is 0 Å². The summed E-state index contributed by atoms with van der Waals surface area (Å²) in [5.74, 6) is -1.11. The van der Waals surface area contributed by atoms with Crippen LogP contribution in [0.2, 0.25) is 0 Å². The fourth-order valence-electron chi connectivity index (χ4n) is 8.57. The molecule has 0 bridgehead atoms. The van der Waals surface area contributed by atoms with Gasteiger partial charge in [0.1, 0.15) is 42.7 Å². The van der Waals surface area contributed by atoms with Crippen molar-refractivity contribution in [1.82, 2.24) is 5.32 Å². The molecule has 0 aliphatic heterocycles. The number of carbonyl (C=O) groups is 1. The zero-order valence-corrected chi connectivity index (χ0v) is 40.8. The minimum absolute atomic E-state index is 0.126. The summed E-state index contributed by atoms with van der Waals surface area (Å²) in [5, 5.41) is 96.1. The van der Waals surface area contributed by atoms with Gasteiger partial charge in [-0.2, -0.15) is 0 Å². The van der Waals surface area contributed by atoms with Crippen molar-refractivity contribution in [2.45, 2.75) is 293 Å². The molecule has 10 atom stereocenters. The molecule has 0 saturated heterocycles. The summed E-state index contributed by atoms with van der Waals surface area (Å²) in [5.41, 5.74) is 0. The van der Waals surface area contributed by atoms with Crippen LogP contribution < -0.4 is 5.32 Å². The van der Waals surface area contributed by atoms with E-state index < -0.39 is 87.4 Å². The number of rotatable bonds is 43. The van der Waals surface area contributed by atoms with Crippen molar-refractivity contribution >= 4 is 13.7 Å². The van der Waals surface area contributed by atoms with E-state index in [4.69, 9.17) is 9.05 Å². The molecule has 0 heterocycles. The predicted molar refractivity (Wildman–Crippen MR) is 250 cm³/mol. The number of amides is 1. The van der Waals surface area contributed by atoms with E-state index in [2.05, 4.69) is 19.2 Å². The maximum atomic E-state index is 13.1. The first-order valence-corrected chi connectivity index (χ1v) is 27.3. The molecule has 1 fully saturated rings. The molecule has 0 aromatic heterocycles. The zero-order valence-electron chi connectivity index (χ0n) is 39.9. The van der Waals surface area contributed by atoms with Crippen LogP contribution in [0.1, 0.15) is 226 Å². The molecule has 16 heteroatoms. The molecule has 1 saturated carbocycles. The van der Waals surface area contributed by atoms with E-state index in [-0.39, 0.29) is 12.8 Å². The lowest BCUT2D eigenvalue weighted by molar-refractivity contribution is -0.220. The van der Waals surface area contributed by atoms with Gasteiger partial charge < -0.3 is 56.2 Å². The first-order valence-electron chi connectivity index (χ1n) is 25.8. The summed E-state index contributed by atoms with van der Waals surface area (Å²) in [7, 11) is -5.29. The van der Waals surface area contributed by atoms with Crippen molar-refractivity contribution in [3.8, 4) is 0 Å². The molecule has 382 valence electrons. The van der Waals surface area contributed by atoms with Crippen LogP contribution in [0.25, 0.3) is 0 Å². The Morgan fingerprint density at radius 2 is 0.781 bits per heavy atom. The van der Waals surface area contributed by atoms with Gasteiger partial charge in [0.2, 0.25) is 0 Å². The standard InChI is InChI=1S/C48H96NO14P/c1-3-5-7-9-11-13-15-17-18-19-20-21-22-23-25-27-29-31-33-35-39(51)41(53)48(59)49-37(36-62-64(60,61)63-47-45(57)43(55)42(54)44(56)46(47)58)40(52)38(50)34-32-30-28-26-24-16-14-12-10-8-6-4-2/h37-47,50-58H,3-36H2,1-2H3,(H,49,59)(H,60,61). The van der Waals surface area contributed by atoms with Crippen molar-refractivity contribution in [3.05, 3.63) is 0 Å². The van der Waals surface area contributed by atoms with E-state index in [9.17, 15) is 60.2 Å². The number of phosphoric acid groups is 1. The highest BCUT2D eigenvalue weighted by Gasteiger charge is 2.51. The molecule has 0 spiro atoms. The maximum absolute atomic E-state index is 13.1. The van der Waals surface area contributed by atoms with E-state index >= 15 is 0 Å². The Morgan fingerprint density at radius 3 is 1.12 bits per heavy atom. The highest BCUT2D eigenvalue weighted by atomic mass is 31.2. The number of unbranched alkanes of at least 4 members (excludes halogenated alkanes) is 29. The van der Waals surface area contributed by atoms with Gasteiger partial charge in [0.15, 0.2) is 6.10 Å². The average Bonchev–Trinajstić information content (AvgIpc) is 3.28. The largest absolute Gasteiger partial charge is 0.472 e. The van der Waals surface area contributed by atoms with Gasteiger partial charge in [-0.15, -0.1) is 0 Å². The molecule has 1 amide bonds. The van der Waals surface area contributed by atoms with Crippen molar-refractivity contribution in [3.63, 3.8) is 0 Å². The molecule has 1 aliphatic rings. The molecule has 0 aromatic carbocycles. The third-order valence-electron chi connectivity index (χ3n) is 13.0. The van der Waals surface area contributed by atoms with Crippen LogP contribution in [-0.2, 0) is 18.4 Å². The topological polar surface area (TPSA) is 267 Å². The number of aliphatic hydroxyl groups excluding tert-OH is 9. The number of phosphoric ester groups is 1. The fraction of sp³-hybridized carbons (Fsp3) is 0.979. The number of nitrogens with one attached hydrogen (secondary N) is 1. The van der Waals surface area contributed by atoms with Crippen LogP contribution in [0.4, 0.5) is 0 Å². The molecular weight excluding hydrogens is 845 g/mol. The Hall–Kier alpha value is -0.780. The second-order valence-corrected chi connectivity index (χ2v) is 20.2. The molecule has 0 aromatic rings. The molecule has 0 radical (unpaired) electrons. The molecule has 11 N–H and O–H groups in total. The molecule has 15 nitrogen and oxygen atoms in total. The Kier molecular flexibility index (Phi) is 36.5. The van der Waals surface area contributed by atoms with E-state index in [1.807, 2.05) is 0 Å².